The molecule has 0 aliphatic rings. The van der Waals surface area contributed by atoms with Crippen molar-refractivity contribution in [1.29, 1.82) is 5.41 Å². The van der Waals surface area contributed by atoms with Crippen molar-refractivity contribution >= 4 is 15.9 Å². The minimum Gasteiger partial charge on any atom is -0.387 e. The van der Waals surface area contributed by atoms with Crippen molar-refractivity contribution in [2.45, 2.75) is 31.6 Å². The number of rotatable bonds is 7. The predicted octanol–water partition coefficient (Wildman–Crippen LogP) is 1.83. The van der Waals surface area contributed by atoms with Gasteiger partial charge in [-0.15, -0.1) is 0 Å². The smallest absolute Gasteiger partial charge is 0.242 e. The van der Waals surface area contributed by atoms with Crippen LogP contribution in [-0.4, -0.2) is 32.2 Å². The summed E-state index contributed by atoms with van der Waals surface area (Å²) in [7, 11) is -2.01. The number of nitrogens with two attached hydrogens (primary N) is 1. The summed E-state index contributed by atoms with van der Waals surface area (Å²) in [4.78, 5) is 0.274. The molecule has 1 rings (SSSR count). The van der Waals surface area contributed by atoms with Crippen LogP contribution in [0.3, 0.4) is 0 Å². The molecule has 5 nitrogen and oxygen atoms in total. The van der Waals surface area contributed by atoms with Gasteiger partial charge in [-0.3, -0.25) is 5.41 Å². The van der Waals surface area contributed by atoms with Gasteiger partial charge in [-0.2, -0.15) is 0 Å². The van der Waals surface area contributed by atoms with Crippen LogP contribution in [0.2, 0.25) is 0 Å². The first-order chi connectivity index (χ1) is 9.28. The Bertz CT molecular complexity index is 552. The van der Waals surface area contributed by atoms with Gasteiger partial charge in [-0.05, 0) is 24.1 Å². The summed E-state index contributed by atoms with van der Waals surface area (Å²) >= 11 is 0. The third-order valence-electron chi connectivity index (χ3n) is 3.23. The zero-order valence-electron chi connectivity index (χ0n) is 12.3. The standard InChI is InChI=1S/C14H23N3O2S/c1-4-5-12-6-8-13(9-7-12)20(18,19)17(3)10-11(2)14(15)16/h6-9,11H,4-5,10H2,1-3H3,(H3,15,16). The number of amidine groups is 1. The van der Waals surface area contributed by atoms with Gasteiger partial charge < -0.3 is 5.73 Å². The number of hydrogen-bond acceptors (Lipinski definition) is 3. The molecule has 112 valence electrons. The van der Waals surface area contributed by atoms with E-state index in [1.54, 1.807) is 19.1 Å². The van der Waals surface area contributed by atoms with Crippen molar-refractivity contribution in [3.8, 4) is 0 Å². The van der Waals surface area contributed by atoms with Gasteiger partial charge in [-0.25, -0.2) is 12.7 Å². The van der Waals surface area contributed by atoms with E-state index in [1.165, 1.54) is 11.4 Å². The topological polar surface area (TPSA) is 87.2 Å². The molecule has 20 heavy (non-hydrogen) atoms. The van der Waals surface area contributed by atoms with E-state index in [4.69, 9.17) is 11.1 Å². The van der Waals surface area contributed by atoms with Crippen molar-refractivity contribution < 1.29 is 8.42 Å². The molecule has 6 heteroatoms. The van der Waals surface area contributed by atoms with Crippen molar-refractivity contribution in [3.63, 3.8) is 0 Å². The van der Waals surface area contributed by atoms with Crippen LogP contribution in [-0.2, 0) is 16.4 Å². The van der Waals surface area contributed by atoms with Gasteiger partial charge in [0.25, 0.3) is 0 Å². The highest BCUT2D eigenvalue weighted by molar-refractivity contribution is 7.89. The largest absolute Gasteiger partial charge is 0.387 e. The van der Waals surface area contributed by atoms with Crippen LogP contribution in [0.4, 0.5) is 0 Å². The molecular weight excluding hydrogens is 274 g/mol. The molecule has 0 saturated carbocycles. The minimum atomic E-state index is -3.52. The summed E-state index contributed by atoms with van der Waals surface area (Å²) in [6, 6.07) is 6.96. The van der Waals surface area contributed by atoms with Crippen LogP contribution >= 0.6 is 0 Å². The van der Waals surface area contributed by atoms with E-state index in [-0.39, 0.29) is 23.2 Å². The third kappa shape index (κ3) is 4.05. The zero-order valence-corrected chi connectivity index (χ0v) is 13.1. The Labute approximate surface area is 121 Å². The first kappa shape index (κ1) is 16.7. The average molecular weight is 297 g/mol. The molecule has 0 radical (unpaired) electrons. The molecule has 1 aromatic rings. The van der Waals surface area contributed by atoms with Gasteiger partial charge in [0.05, 0.1) is 10.7 Å². The van der Waals surface area contributed by atoms with Gasteiger partial charge >= 0.3 is 0 Å². The van der Waals surface area contributed by atoms with Crippen molar-refractivity contribution in [2.24, 2.45) is 11.7 Å². The molecule has 0 spiro atoms. The maximum absolute atomic E-state index is 12.4. The Kier molecular flexibility index (Phi) is 5.71. The Balaban J connectivity index is 2.89. The number of benzene rings is 1. The molecule has 0 saturated heterocycles. The van der Waals surface area contributed by atoms with E-state index in [0.29, 0.717) is 0 Å². The van der Waals surface area contributed by atoms with Gasteiger partial charge in [0.15, 0.2) is 0 Å². The quantitative estimate of drug-likeness (QED) is 0.594. The maximum atomic E-state index is 12.4. The fourth-order valence-electron chi connectivity index (χ4n) is 1.88. The number of sulfonamides is 1. The maximum Gasteiger partial charge on any atom is 0.242 e. The summed E-state index contributed by atoms with van der Waals surface area (Å²) in [5, 5.41) is 7.33. The molecule has 3 N–H and O–H groups in total. The van der Waals surface area contributed by atoms with Crippen molar-refractivity contribution in [3.05, 3.63) is 29.8 Å². The molecule has 0 amide bonds. The first-order valence-electron chi connectivity index (χ1n) is 6.68. The van der Waals surface area contributed by atoms with E-state index in [2.05, 4.69) is 6.92 Å². The van der Waals surface area contributed by atoms with Crippen molar-refractivity contribution in [1.82, 2.24) is 4.31 Å². The van der Waals surface area contributed by atoms with Crippen LogP contribution in [0, 0.1) is 11.3 Å². The van der Waals surface area contributed by atoms with E-state index in [0.717, 1.165) is 18.4 Å². The lowest BCUT2D eigenvalue weighted by Gasteiger charge is -2.20. The molecule has 0 bridgehead atoms. The van der Waals surface area contributed by atoms with E-state index in [9.17, 15) is 8.42 Å². The molecule has 0 aromatic heterocycles. The van der Waals surface area contributed by atoms with Crippen LogP contribution in [0.25, 0.3) is 0 Å². The summed E-state index contributed by atoms with van der Waals surface area (Å²) in [6.07, 6.45) is 1.97. The number of nitrogens with zero attached hydrogens (tertiary/aromatic N) is 1. The lowest BCUT2D eigenvalue weighted by molar-refractivity contribution is 0.443. The highest BCUT2D eigenvalue weighted by Crippen LogP contribution is 2.17. The van der Waals surface area contributed by atoms with E-state index in [1.807, 2.05) is 12.1 Å². The first-order valence-corrected chi connectivity index (χ1v) is 8.12. The summed E-state index contributed by atoms with van der Waals surface area (Å²) in [6.45, 7) is 4.02. The van der Waals surface area contributed by atoms with Crippen LogP contribution in [0.15, 0.2) is 29.2 Å². The van der Waals surface area contributed by atoms with Gasteiger partial charge in [0, 0.05) is 19.5 Å². The molecule has 0 aliphatic heterocycles. The molecule has 1 atom stereocenters. The second kappa shape index (κ2) is 6.85. The Morgan fingerprint density at radius 2 is 1.90 bits per heavy atom. The zero-order chi connectivity index (χ0) is 15.3. The highest BCUT2D eigenvalue weighted by Gasteiger charge is 2.23. The highest BCUT2D eigenvalue weighted by atomic mass is 32.2. The number of hydrogen-bond donors (Lipinski definition) is 2. The number of aryl methyl sites for hydroxylation is 1. The molecule has 0 fully saturated rings. The Morgan fingerprint density at radius 3 is 2.35 bits per heavy atom. The Hall–Kier alpha value is -1.40. The second-order valence-electron chi connectivity index (χ2n) is 5.04. The monoisotopic (exact) mass is 297 g/mol. The van der Waals surface area contributed by atoms with Crippen LogP contribution < -0.4 is 5.73 Å². The SMILES string of the molecule is CCCc1ccc(S(=O)(=O)N(C)CC(C)C(=N)N)cc1. The molecule has 0 heterocycles. The molecule has 1 unspecified atom stereocenters. The van der Waals surface area contributed by atoms with Gasteiger partial charge in [0.1, 0.15) is 0 Å². The lowest BCUT2D eigenvalue weighted by Crippen LogP contribution is -2.35. The van der Waals surface area contributed by atoms with Crippen LogP contribution in [0.1, 0.15) is 25.8 Å². The molecule has 1 aromatic carbocycles. The average Bonchev–Trinajstić information content (AvgIpc) is 2.39. The van der Waals surface area contributed by atoms with E-state index < -0.39 is 10.0 Å². The normalized spacial score (nSPS) is 13.4. The predicted molar refractivity (Wildman–Crippen MR) is 81.3 cm³/mol. The Morgan fingerprint density at radius 1 is 1.35 bits per heavy atom. The minimum absolute atomic E-state index is 0.00894. The second-order valence-corrected chi connectivity index (χ2v) is 7.08. The molecular formula is C14H23N3O2S. The fourth-order valence-corrected chi connectivity index (χ4v) is 3.14. The van der Waals surface area contributed by atoms with Gasteiger partial charge in [0.2, 0.25) is 10.0 Å². The molecule has 0 aliphatic carbocycles. The lowest BCUT2D eigenvalue weighted by atomic mass is 10.1. The fraction of sp³-hybridized carbons (Fsp3) is 0.500. The van der Waals surface area contributed by atoms with Crippen LogP contribution in [0.5, 0.6) is 0 Å². The van der Waals surface area contributed by atoms with Crippen molar-refractivity contribution in [2.75, 3.05) is 13.6 Å². The number of nitrogens with one attached hydrogen (secondary N) is 1. The summed E-state index contributed by atoms with van der Waals surface area (Å²) < 4.78 is 26.0. The summed E-state index contributed by atoms with van der Waals surface area (Å²) in [5.41, 5.74) is 6.51. The van der Waals surface area contributed by atoms with Gasteiger partial charge in [-0.1, -0.05) is 32.4 Å². The third-order valence-corrected chi connectivity index (χ3v) is 5.07. The summed E-state index contributed by atoms with van der Waals surface area (Å²) in [5.74, 6) is -0.306. The van der Waals surface area contributed by atoms with E-state index >= 15 is 0 Å².